The van der Waals surface area contributed by atoms with Gasteiger partial charge in [0.15, 0.2) is 0 Å². The largest absolute Gasteiger partial charge is 0.393 e. The highest BCUT2D eigenvalue weighted by Crippen LogP contribution is 2.67. The highest BCUT2D eigenvalue weighted by atomic mass is 16.3. The molecule has 0 aromatic rings. The summed E-state index contributed by atoms with van der Waals surface area (Å²) in [5.41, 5.74) is 0.644. The maximum atomic E-state index is 11.2. The Labute approximate surface area is 179 Å². The van der Waals surface area contributed by atoms with Crippen molar-refractivity contribution in [1.82, 2.24) is 0 Å². The summed E-state index contributed by atoms with van der Waals surface area (Å²) < 4.78 is 0. The lowest BCUT2D eigenvalue weighted by molar-refractivity contribution is -0.0836. The molecule has 2 nitrogen and oxygen atoms in total. The van der Waals surface area contributed by atoms with Crippen molar-refractivity contribution < 1.29 is 10.2 Å². The molecule has 3 unspecified atom stereocenters. The van der Waals surface area contributed by atoms with Gasteiger partial charge in [0.25, 0.3) is 0 Å². The molecular weight excluding hydrogens is 356 g/mol. The summed E-state index contributed by atoms with van der Waals surface area (Å²) in [6, 6.07) is 0. The highest BCUT2D eigenvalue weighted by Gasteiger charge is 2.61. The molecule has 10 atom stereocenters. The molecule has 166 valence electrons. The van der Waals surface area contributed by atoms with E-state index in [9.17, 15) is 10.2 Å². The molecule has 0 aliphatic heterocycles. The molecule has 0 radical (unpaired) electrons. The number of rotatable bonds is 5. The van der Waals surface area contributed by atoms with Gasteiger partial charge in [0, 0.05) is 0 Å². The summed E-state index contributed by atoms with van der Waals surface area (Å²) >= 11 is 0. The summed E-state index contributed by atoms with van der Waals surface area (Å²) in [7, 11) is 0. The SMILES string of the molecule is CC(C)CCC[C@@H](C)[C@H]1C(O)C[C@H]2[C@@H]3C=CC4CC(O)CC[C@]4(C)[C@H]3CC[C@]12C. The van der Waals surface area contributed by atoms with Gasteiger partial charge in [0.05, 0.1) is 12.2 Å². The Morgan fingerprint density at radius 3 is 2.34 bits per heavy atom. The van der Waals surface area contributed by atoms with Gasteiger partial charge in [-0.1, -0.05) is 66.0 Å². The quantitative estimate of drug-likeness (QED) is 0.536. The van der Waals surface area contributed by atoms with E-state index in [1.165, 1.54) is 38.5 Å². The average molecular weight is 403 g/mol. The highest BCUT2D eigenvalue weighted by molar-refractivity contribution is 5.19. The van der Waals surface area contributed by atoms with E-state index in [-0.39, 0.29) is 12.2 Å². The van der Waals surface area contributed by atoms with Crippen LogP contribution in [-0.2, 0) is 0 Å². The maximum Gasteiger partial charge on any atom is 0.0579 e. The molecule has 0 amide bonds. The maximum absolute atomic E-state index is 11.2. The zero-order valence-corrected chi connectivity index (χ0v) is 19.6. The van der Waals surface area contributed by atoms with E-state index in [4.69, 9.17) is 0 Å². The first kappa shape index (κ1) is 21.9. The Kier molecular flexibility index (Phi) is 6.01. The summed E-state index contributed by atoms with van der Waals surface area (Å²) in [6.45, 7) is 12.1. The lowest BCUT2D eigenvalue weighted by Gasteiger charge is -2.59. The minimum absolute atomic E-state index is 0.104. The van der Waals surface area contributed by atoms with Crippen molar-refractivity contribution >= 4 is 0 Å². The summed E-state index contributed by atoms with van der Waals surface area (Å²) in [5.74, 6) is 4.43. The monoisotopic (exact) mass is 402 g/mol. The minimum Gasteiger partial charge on any atom is -0.393 e. The second-order valence-corrected chi connectivity index (χ2v) is 12.4. The Hall–Kier alpha value is -0.340. The first-order chi connectivity index (χ1) is 13.7. The van der Waals surface area contributed by atoms with Crippen molar-refractivity contribution in [2.75, 3.05) is 0 Å². The normalized spacial score (nSPS) is 50.1. The van der Waals surface area contributed by atoms with Crippen LogP contribution in [0.5, 0.6) is 0 Å². The van der Waals surface area contributed by atoms with Gasteiger partial charge in [-0.2, -0.15) is 0 Å². The van der Waals surface area contributed by atoms with Crippen LogP contribution in [0.2, 0.25) is 0 Å². The van der Waals surface area contributed by atoms with Gasteiger partial charge >= 0.3 is 0 Å². The molecule has 4 rings (SSSR count). The van der Waals surface area contributed by atoms with Gasteiger partial charge in [0.1, 0.15) is 0 Å². The van der Waals surface area contributed by atoms with Crippen LogP contribution in [0.15, 0.2) is 12.2 Å². The number of fused-ring (bicyclic) bond motifs is 5. The van der Waals surface area contributed by atoms with E-state index in [0.29, 0.717) is 40.4 Å². The third-order valence-corrected chi connectivity index (χ3v) is 10.3. The fourth-order valence-electron chi connectivity index (χ4n) is 8.71. The van der Waals surface area contributed by atoms with Crippen LogP contribution in [-0.4, -0.2) is 22.4 Å². The fraction of sp³-hybridized carbons (Fsp3) is 0.926. The Morgan fingerprint density at radius 2 is 1.62 bits per heavy atom. The van der Waals surface area contributed by atoms with Crippen molar-refractivity contribution in [2.45, 2.75) is 105 Å². The number of aliphatic hydroxyl groups is 2. The standard InChI is InChI=1S/C27H46O2/c1-17(2)7-6-8-18(3)25-24(29)16-23-21-10-9-19-15-20(28)11-13-26(19,4)22(21)12-14-27(23,25)5/h9-10,17-25,28-29H,6-8,11-16H2,1-5H3/t18-,19?,20?,21-,22+,23+,24?,25+,26+,27+/m1/s1. The van der Waals surface area contributed by atoms with Crippen LogP contribution in [0.3, 0.4) is 0 Å². The molecule has 0 bridgehead atoms. The van der Waals surface area contributed by atoms with E-state index >= 15 is 0 Å². The van der Waals surface area contributed by atoms with Gasteiger partial charge in [0.2, 0.25) is 0 Å². The van der Waals surface area contributed by atoms with E-state index in [2.05, 4.69) is 46.8 Å². The van der Waals surface area contributed by atoms with Gasteiger partial charge in [-0.25, -0.2) is 0 Å². The van der Waals surface area contributed by atoms with Crippen molar-refractivity contribution in [2.24, 2.45) is 52.3 Å². The fourth-order valence-corrected chi connectivity index (χ4v) is 8.71. The predicted molar refractivity (Wildman–Crippen MR) is 120 cm³/mol. The van der Waals surface area contributed by atoms with Crippen LogP contribution < -0.4 is 0 Å². The van der Waals surface area contributed by atoms with Crippen molar-refractivity contribution in [1.29, 1.82) is 0 Å². The Morgan fingerprint density at radius 1 is 0.897 bits per heavy atom. The molecule has 0 spiro atoms. The summed E-state index contributed by atoms with van der Waals surface area (Å²) in [4.78, 5) is 0. The Bertz CT molecular complexity index is 612. The molecule has 0 saturated heterocycles. The smallest absolute Gasteiger partial charge is 0.0579 e. The van der Waals surface area contributed by atoms with E-state index in [1.54, 1.807) is 0 Å². The van der Waals surface area contributed by atoms with Gasteiger partial charge in [-0.15, -0.1) is 0 Å². The van der Waals surface area contributed by atoms with Crippen LogP contribution >= 0.6 is 0 Å². The van der Waals surface area contributed by atoms with Crippen molar-refractivity contribution in [3.63, 3.8) is 0 Å². The number of hydrogen-bond donors (Lipinski definition) is 2. The van der Waals surface area contributed by atoms with E-state index < -0.39 is 0 Å². The first-order valence-electron chi connectivity index (χ1n) is 12.7. The van der Waals surface area contributed by atoms with Crippen molar-refractivity contribution in [3.8, 4) is 0 Å². The summed E-state index contributed by atoms with van der Waals surface area (Å²) in [6.07, 6.45) is 15.4. The van der Waals surface area contributed by atoms with Crippen LogP contribution in [0.25, 0.3) is 0 Å². The second-order valence-electron chi connectivity index (χ2n) is 12.4. The molecule has 3 saturated carbocycles. The molecule has 29 heavy (non-hydrogen) atoms. The predicted octanol–water partition coefficient (Wildman–Crippen LogP) is 6.22. The molecule has 0 aromatic heterocycles. The first-order valence-corrected chi connectivity index (χ1v) is 12.7. The van der Waals surface area contributed by atoms with Gasteiger partial charge < -0.3 is 10.2 Å². The molecule has 0 heterocycles. The summed E-state index contributed by atoms with van der Waals surface area (Å²) in [5, 5.41) is 21.4. The molecule has 4 aliphatic carbocycles. The topological polar surface area (TPSA) is 40.5 Å². The Balaban J connectivity index is 1.54. The number of aliphatic hydroxyl groups excluding tert-OH is 2. The average Bonchev–Trinajstić information content (AvgIpc) is 2.92. The minimum atomic E-state index is -0.120. The lowest BCUT2D eigenvalue weighted by Crippen LogP contribution is -2.52. The molecule has 3 fully saturated rings. The lowest BCUT2D eigenvalue weighted by atomic mass is 9.46. The zero-order chi connectivity index (χ0) is 21.0. The molecule has 4 aliphatic rings. The third-order valence-electron chi connectivity index (χ3n) is 10.3. The van der Waals surface area contributed by atoms with Crippen LogP contribution in [0, 0.1) is 52.3 Å². The van der Waals surface area contributed by atoms with Gasteiger partial charge in [-0.3, -0.25) is 0 Å². The van der Waals surface area contributed by atoms with E-state index in [0.717, 1.165) is 31.1 Å². The number of allylic oxidation sites excluding steroid dienone is 2. The molecule has 2 N–H and O–H groups in total. The molecule has 0 aromatic carbocycles. The second kappa shape index (κ2) is 7.97. The van der Waals surface area contributed by atoms with Crippen LogP contribution in [0.1, 0.15) is 92.4 Å². The van der Waals surface area contributed by atoms with Gasteiger partial charge in [-0.05, 0) is 90.8 Å². The van der Waals surface area contributed by atoms with Crippen LogP contribution in [0.4, 0.5) is 0 Å². The zero-order valence-electron chi connectivity index (χ0n) is 19.6. The van der Waals surface area contributed by atoms with Crippen molar-refractivity contribution in [3.05, 3.63) is 12.2 Å². The number of hydrogen-bond acceptors (Lipinski definition) is 2. The molecule has 2 heteroatoms. The van der Waals surface area contributed by atoms with E-state index in [1.807, 2.05) is 0 Å². The third kappa shape index (κ3) is 3.65. The molecular formula is C27H46O2.